The molecule has 0 heterocycles. The van der Waals surface area contributed by atoms with E-state index in [1.807, 2.05) is 30.3 Å². The molecule has 2 atom stereocenters. The second kappa shape index (κ2) is 6.03. The van der Waals surface area contributed by atoms with Crippen LogP contribution < -0.4 is 24.6 Å². The van der Waals surface area contributed by atoms with Gasteiger partial charge in [0, 0.05) is 0 Å². The average Bonchev–Trinajstić information content (AvgIpc) is 2.36. The number of carboxylic acids is 1. The third-order valence-electron chi connectivity index (χ3n) is 2.74. The zero-order valence-corrected chi connectivity index (χ0v) is 10.1. The number of hydrogen-bond donors (Lipinski definition) is 3. The summed E-state index contributed by atoms with van der Waals surface area (Å²) in [4.78, 5) is 10.7. The summed E-state index contributed by atoms with van der Waals surface area (Å²) in [6.07, 6.45) is -1.20. The molecule has 2 rings (SSSR count). The van der Waals surface area contributed by atoms with Crippen molar-refractivity contribution in [1.82, 2.24) is 0 Å². The van der Waals surface area contributed by atoms with E-state index in [0.29, 0.717) is 5.56 Å². The number of rotatable bonds is 3. The van der Waals surface area contributed by atoms with E-state index in [2.05, 4.69) is 0 Å². The molecule has 1 unspecified atom stereocenters. The molecule has 0 aromatic heterocycles. The molecule has 0 aliphatic carbocycles. The van der Waals surface area contributed by atoms with Crippen molar-refractivity contribution >= 4 is 16.7 Å². The van der Waals surface area contributed by atoms with Gasteiger partial charge in [0.05, 0.1) is 0 Å². The molecule has 90 valence electrons. The van der Waals surface area contributed by atoms with E-state index < -0.39 is 18.1 Å². The van der Waals surface area contributed by atoms with Crippen molar-refractivity contribution in [2.24, 2.45) is 5.73 Å². The number of aliphatic hydroxyl groups is 1. The Hall–Kier alpha value is -1.31. The van der Waals surface area contributed by atoms with E-state index in [1.165, 1.54) is 0 Å². The Morgan fingerprint density at radius 3 is 2.39 bits per heavy atom. The van der Waals surface area contributed by atoms with Gasteiger partial charge in [-0.15, -0.1) is 0 Å². The van der Waals surface area contributed by atoms with E-state index in [-0.39, 0.29) is 20.3 Å². The summed E-state index contributed by atoms with van der Waals surface area (Å²) in [5, 5.41) is 20.5. The molecule has 0 amide bonds. The van der Waals surface area contributed by atoms with Gasteiger partial charge in [-0.25, -0.2) is 0 Å². The van der Waals surface area contributed by atoms with E-state index in [9.17, 15) is 9.90 Å². The van der Waals surface area contributed by atoms with Gasteiger partial charge in [-0.05, 0) is 22.4 Å². The van der Waals surface area contributed by atoms with Crippen LogP contribution in [0.5, 0.6) is 0 Å². The molecule has 2 aromatic carbocycles. The maximum atomic E-state index is 10.7. The van der Waals surface area contributed by atoms with Gasteiger partial charge in [-0.3, -0.25) is 4.79 Å². The number of hydrogen-bond acceptors (Lipinski definition) is 3. The summed E-state index contributed by atoms with van der Waals surface area (Å²) in [6, 6.07) is 11.6. The molecular weight excluding hydrogens is 225 g/mol. The molecule has 0 aliphatic rings. The summed E-state index contributed by atoms with van der Waals surface area (Å²) < 4.78 is 0. The fourth-order valence-corrected chi connectivity index (χ4v) is 1.73. The molecule has 0 bridgehead atoms. The number of aliphatic hydroxyl groups excluding tert-OH is 1. The first-order valence-electron chi connectivity index (χ1n) is 5.25. The Morgan fingerprint density at radius 2 is 1.78 bits per heavy atom. The van der Waals surface area contributed by atoms with Crippen LogP contribution in [0.1, 0.15) is 13.1 Å². The minimum atomic E-state index is -1.31. The largest absolute Gasteiger partial charge is 1.00 e. The number of nitrogens with two attached hydrogens (primary N) is 1. The summed E-state index contributed by atoms with van der Waals surface area (Å²) in [5.41, 5.74) is 5.90. The second-order valence-corrected chi connectivity index (χ2v) is 3.92. The zero-order valence-electron chi connectivity index (χ0n) is 11.1. The van der Waals surface area contributed by atoms with Crippen molar-refractivity contribution in [2.75, 3.05) is 0 Å². The van der Waals surface area contributed by atoms with Crippen LogP contribution in [0.4, 0.5) is 0 Å². The Bertz CT molecular complexity index is 564. The molecule has 0 saturated heterocycles. The standard InChI is InChI=1S/C13H13NO3.Li.H/c14-11(13(16)17)12(15)10-6-5-8-3-1-2-4-9(8)7-10;;/h1-7,11-12,15H,14H2,(H,16,17);;/q;+1;-1/t11-,12?;;/m0../s1. The van der Waals surface area contributed by atoms with E-state index in [4.69, 9.17) is 10.8 Å². The first kappa shape index (κ1) is 14.7. The molecule has 18 heavy (non-hydrogen) atoms. The van der Waals surface area contributed by atoms with Crippen LogP contribution in [-0.2, 0) is 4.79 Å². The Balaban J connectivity index is 0.00000162. The second-order valence-electron chi connectivity index (χ2n) is 3.92. The molecule has 0 saturated carbocycles. The fourth-order valence-electron chi connectivity index (χ4n) is 1.73. The first-order chi connectivity index (χ1) is 8.09. The zero-order chi connectivity index (χ0) is 12.4. The van der Waals surface area contributed by atoms with Crippen LogP contribution in [0.2, 0.25) is 0 Å². The summed E-state index contributed by atoms with van der Waals surface area (Å²) >= 11 is 0. The molecule has 5 heteroatoms. The molecule has 0 aliphatic heterocycles. The number of carbonyl (C=O) groups is 1. The van der Waals surface area contributed by atoms with Gasteiger partial charge in [0.1, 0.15) is 12.1 Å². The van der Waals surface area contributed by atoms with Crippen molar-refractivity contribution in [1.29, 1.82) is 0 Å². The SMILES string of the molecule is N[C@H](C(=O)O)C(O)c1ccc2ccccc2c1.[H-].[Li+]. The van der Waals surface area contributed by atoms with Gasteiger partial charge in [0.2, 0.25) is 0 Å². The van der Waals surface area contributed by atoms with Gasteiger partial charge < -0.3 is 17.4 Å². The predicted octanol–water partition coefficient (Wildman–Crippen LogP) is -1.60. The Morgan fingerprint density at radius 1 is 1.17 bits per heavy atom. The molecule has 0 radical (unpaired) electrons. The number of benzene rings is 2. The van der Waals surface area contributed by atoms with Crippen LogP contribution in [-0.4, -0.2) is 22.2 Å². The van der Waals surface area contributed by atoms with Crippen molar-refractivity contribution in [3.63, 3.8) is 0 Å². The number of aliphatic carboxylic acids is 1. The van der Waals surface area contributed by atoms with Crippen molar-refractivity contribution in [3.8, 4) is 0 Å². The quantitative estimate of drug-likeness (QED) is 0.563. The first-order valence-corrected chi connectivity index (χ1v) is 5.25. The van der Waals surface area contributed by atoms with Crippen molar-refractivity contribution in [2.45, 2.75) is 12.1 Å². The van der Waals surface area contributed by atoms with E-state index in [1.54, 1.807) is 12.1 Å². The molecule has 4 nitrogen and oxygen atoms in total. The number of fused-ring (bicyclic) bond motifs is 1. The third-order valence-corrected chi connectivity index (χ3v) is 2.74. The summed E-state index contributed by atoms with van der Waals surface area (Å²) in [7, 11) is 0. The monoisotopic (exact) mass is 239 g/mol. The van der Waals surface area contributed by atoms with Gasteiger partial charge in [-0.1, -0.05) is 36.4 Å². The maximum Gasteiger partial charge on any atom is 1.00 e. The van der Waals surface area contributed by atoms with Crippen LogP contribution in [0.3, 0.4) is 0 Å². The molecule has 0 spiro atoms. The Labute approximate surface area is 118 Å². The normalized spacial score (nSPS) is 13.7. The van der Waals surface area contributed by atoms with Crippen molar-refractivity contribution in [3.05, 3.63) is 48.0 Å². The van der Waals surface area contributed by atoms with Gasteiger partial charge >= 0.3 is 24.8 Å². The Kier molecular flexibility index (Phi) is 4.94. The minimum Gasteiger partial charge on any atom is -1.00 e. The minimum absolute atomic E-state index is 0. The van der Waals surface area contributed by atoms with Crippen LogP contribution in [0.25, 0.3) is 10.8 Å². The predicted molar refractivity (Wildman–Crippen MR) is 65.6 cm³/mol. The molecule has 2 aromatic rings. The smallest absolute Gasteiger partial charge is 1.00 e. The number of carboxylic acid groups (broad SMARTS) is 1. The molecule has 4 N–H and O–H groups in total. The molecular formula is C13H14LiNO3. The van der Waals surface area contributed by atoms with E-state index >= 15 is 0 Å². The van der Waals surface area contributed by atoms with Gasteiger partial charge in [0.25, 0.3) is 0 Å². The summed E-state index contributed by atoms with van der Waals surface area (Å²) in [5.74, 6) is -1.22. The van der Waals surface area contributed by atoms with Gasteiger partial charge in [0.15, 0.2) is 0 Å². The van der Waals surface area contributed by atoms with Crippen LogP contribution in [0, 0.1) is 0 Å². The topological polar surface area (TPSA) is 83.6 Å². The average molecular weight is 239 g/mol. The molecule has 0 fully saturated rings. The van der Waals surface area contributed by atoms with Crippen LogP contribution in [0.15, 0.2) is 42.5 Å². The maximum absolute atomic E-state index is 10.7. The fraction of sp³-hybridized carbons (Fsp3) is 0.154. The summed E-state index contributed by atoms with van der Waals surface area (Å²) in [6.45, 7) is 0. The van der Waals surface area contributed by atoms with Gasteiger partial charge in [-0.2, -0.15) is 0 Å². The van der Waals surface area contributed by atoms with Crippen molar-refractivity contribution < 1.29 is 35.3 Å². The van der Waals surface area contributed by atoms with Crippen LogP contribution >= 0.6 is 0 Å². The third kappa shape index (κ3) is 2.92. The van der Waals surface area contributed by atoms with E-state index in [0.717, 1.165) is 10.8 Å².